The minimum Gasteiger partial charge on any atom is -0.496 e. The summed E-state index contributed by atoms with van der Waals surface area (Å²) in [6, 6.07) is 12.0. The van der Waals surface area contributed by atoms with Gasteiger partial charge in [0.15, 0.2) is 11.5 Å². The third-order valence-corrected chi connectivity index (χ3v) is 3.85. The van der Waals surface area contributed by atoms with Crippen molar-refractivity contribution in [3.05, 3.63) is 53.1 Å². The quantitative estimate of drug-likeness (QED) is 0.718. The largest absolute Gasteiger partial charge is 0.496 e. The molecule has 2 rings (SSSR count). The molecule has 2 aromatic carbocycles. The number of benzene rings is 2. The van der Waals surface area contributed by atoms with Gasteiger partial charge in [0, 0.05) is 10.9 Å². The maximum Gasteiger partial charge on any atom is 0.161 e. The zero-order valence-corrected chi connectivity index (χ0v) is 14.1. The smallest absolute Gasteiger partial charge is 0.161 e. The first-order valence-electron chi connectivity index (χ1n) is 6.67. The van der Waals surface area contributed by atoms with Crippen molar-refractivity contribution in [1.29, 1.82) is 0 Å². The van der Waals surface area contributed by atoms with Crippen LogP contribution in [0.25, 0.3) is 0 Å². The number of hydrogen-bond acceptors (Lipinski definition) is 3. The molecule has 0 saturated heterocycles. The van der Waals surface area contributed by atoms with Gasteiger partial charge in [-0.05, 0) is 36.8 Å². The summed E-state index contributed by atoms with van der Waals surface area (Å²) < 4.78 is 16.6. The van der Waals surface area contributed by atoms with E-state index >= 15 is 0 Å². The third kappa shape index (κ3) is 3.91. The van der Waals surface area contributed by atoms with Crippen molar-refractivity contribution in [2.75, 3.05) is 14.2 Å². The van der Waals surface area contributed by atoms with E-state index in [0.29, 0.717) is 6.61 Å². The van der Waals surface area contributed by atoms with E-state index < -0.39 is 0 Å². The van der Waals surface area contributed by atoms with Crippen LogP contribution in [0.15, 0.2) is 36.4 Å². The Hall–Kier alpha value is -1.68. The number of ether oxygens (including phenoxy) is 3. The van der Waals surface area contributed by atoms with Crippen LogP contribution in [0.4, 0.5) is 0 Å². The lowest BCUT2D eigenvalue weighted by Gasteiger charge is -2.14. The van der Waals surface area contributed by atoms with Crippen LogP contribution in [0.2, 0.25) is 0 Å². The van der Waals surface area contributed by atoms with Crippen molar-refractivity contribution in [2.45, 2.75) is 18.9 Å². The van der Waals surface area contributed by atoms with E-state index in [-0.39, 0.29) is 0 Å². The second-order valence-corrected chi connectivity index (χ2v) is 5.28. The van der Waals surface area contributed by atoms with Crippen molar-refractivity contribution in [3.63, 3.8) is 0 Å². The van der Waals surface area contributed by atoms with Crippen LogP contribution >= 0.6 is 15.9 Å². The molecule has 0 radical (unpaired) electrons. The molecule has 0 aliphatic carbocycles. The summed E-state index contributed by atoms with van der Waals surface area (Å²) in [5, 5.41) is 0.787. The van der Waals surface area contributed by atoms with E-state index in [9.17, 15) is 0 Å². The summed E-state index contributed by atoms with van der Waals surface area (Å²) in [6.07, 6.45) is 0. The minimum atomic E-state index is 0.439. The van der Waals surface area contributed by atoms with Crippen LogP contribution in [-0.4, -0.2) is 14.2 Å². The fourth-order valence-electron chi connectivity index (χ4n) is 2.09. The van der Waals surface area contributed by atoms with Gasteiger partial charge in [-0.25, -0.2) is 0 Å². The van der Waals surface area contributed by atoms with E-state index in [0.717, 1.165) is 33.7 Å². The molecule has 4 heteroatoms. The molecule has 2 aromatic rings. The van der Waals surface area contributed by atoms with Gasteiger partial charge in [0.2, 0.25) is 0 Å². The maximum absolute atomic E-state index is 5.89. The molecule has 0 spiro atoms. The highest BCUT2D eigenvalue weighted by Gasteiger charge is 2.08. The summed E-state index contributed by atoms with van der Waals surface area (Å²) in [6.45, 7) is 2.49. The highest BCUT2D eigenvalue weighted by atomic mass is 79.9. The summed E-state index contributed by atoms with van der Waals surface area (Å²) in [7, 11) is 3.31. The molecule has 112 valence electrons. The highest BCUT2D eigenvalue weighted by Crippen LogP contribution is 2.30. The monoisotopic (exact) mass is 350 g/mol. The maximum atomic E-state index is 5.89. The summed E-state index contributed by atoms with van der Waals surface area (Å²) in [5.41, 5.74) is 3.34. The fraction of sp³-hybridized carbons (Fsp3) is 0.294. The van der Waals surface area contributed by atoms with Crippen molar-refractivity contribution in [1.82, 2.24) is 0 Å². The first-order valence-corrected chi connectivity index (χ1v) is 7.79. The first kappa shape index (κ1) is 15.7. The molecular weight excluding hydrogens is 332 g/mol. The fourth-order valence-corrected chi connectivity index (χ4v) is 2.44. The molecule has 0 atom stereocenters. The van der Waals surface area contributed by atoms with E-state index in [1.165, 1.54) is 5.56 Å². The second-order valence-electron chi connectivity index (χ2n) is 4.72. The molecule has 3 nitrogen and oxygen atoms in total. The molecule has 0 aliphatic rings. The predicted octanol–water partition coefficient (Wildman–Crippen LogP) is 4.49. The second kappa shape index (κ2) is 7.36. The van der Waals surface area contributed by atoms with Gasteiger partial charge < -0.3 is 14.2 Å². The number of hydrogen-bond donors (Lipinski definition) is 0. The standard InChI is InChI=1S/C17H19BrO3/c1-12-4-6-15(19-2)14(8-12)11-21-16-7-5-13(10-18)9-17(16)20-3/h4-9H,10-11H2,1-3H3. The molecule has 0 heterocycles. The van der Waals surface area contributed by atoms with Crippen molar-refractivity contribution in [2.24, 2.45) is 0 Å². The highest BCUT2D eigenvalue weighted by molar-refractivity contribution is 9.08. The lowest BCUT2D eigenvalue weighted by molar-refractivity contribution is 0.278. The van der Waals surface area contributed by atoms with Crippen LogP contribution < -0.4 is 14.2 Å². The number of aryl methyl sites for hydroxylation is 1. The zero-order chi connectivity index (χ0) is 15.2. The Morgan fingerprint density at radius 2 is 1.62 bits per heavy atom. The summed E-state index contributed by atoms with van der Waals surface area (Å²) in [5.74, 6) is 2.29. The third-order valence-electron chi connectivity index (χ3n) is 3.20. The van der Waals surface area contributed by atoms with Gasteiger partial charge >= 0.3 is 0 Å². The molecule has 0 fully saturated rings. The molecular formula is C17H19BrO3. The average Bonchev–Trinajstić information content (AvgIpc) is 2.52. The molecule has 0 amide bonds. The van der Waals surface area contributed by atoms with Gasteiger partial charge in [0.1, 0.15) is 12.4 Å². The van der Waals surface area contributed by atoms with E-state index in [2.05, 4.69) is 22.0 Å². The van der Waals surface area contributed by atoms with E-state index in [1.807, 2.05) is 37.3 Å². The Morgan fingerprint density at radius 3 is 2.29 bits per heavy atom. The zero-order valence-electron chi connectivity index (χ0n) is 12.5. The van der Waals surface area contributed by atoms with Crippen LogP contribution in [0.5, 0.6) is 17.2 Å². The van der Waals surface area contributed by atoms with Gasteiger partial charge in [-0.2, -0.15) is 0 Å². The normalized spacial score (nSPS) is 10.3. The van der Waals surface area contributed by atoms with Crippen LogP contribution in [0, 0.1) is 6.92 Å². The van der Waals surface area contributed by atoms with Gasteiger partial charge in [-0.1, -0.05) is 33.6 Å². The molecule has 0 N–H and O–H groups in total. The minimum absolute atomic E-state index is 0.439. The Balaban J connectivity index is 2.18. The summed E-state index contributed by atoms with van der Waals surface area (Å²) in [4.78, 5) is 0. The Kier molecular flexibility index (Phi) is 5.51. The first-order chi connectivity index (χ1) is 10.2. The molecule has 0 aromatic heterocycles. The molecule has 21 heavy (non-hydrogen) atoms. The number of halogens is 1. The van der Waals surface area contributed by atoms with Gasteiger partial charge in [-0.15, -0.1) is 0 Å². The van der Waals surface area contributed by atoms with Crippen molar-refractivity contribution >= 4 is 15.9 Å². The topological polar surface area (TPSA) is 27.7 Å². The summed E-state index contributed by atoms with van der Waals surface area (Å²) >= 11 is 3.44. The lowest BCUT2D eigenvalue weighted by atomic mass is 10.1. The number of alkyl halides is 1. The SMILES string of the molecule is COc1ccc(C)cc1COc1ccc(CBr)cc1OC. The van der Waals surface area contributed by atoms with Crippen molar-refractivity contribution < 1.29 is 14.2 Å². The van der Waals surface area contributed by atoms with Gasteiger partial charge in [-0.3, -0.25) is 0 Å². The van der Waals surface area contributed by atoms with E-state index in [4.69, 9.17) is 14.2 Å². The van der Waals surface area contributed by atoms with Gasteiger partial charge in [0.25, 0.3) is 0 Å². The predicted molar refractivity (Wildman–Crippen MR) is 87.7 cm³/mol. The average molecular weight is 351 g/mol. The van der Waals surface area contributed by atoms with Crippen molar-refractivity contribution in [3.8, 4) is 17.2 Å². The lowest BCUT2D eigenvalue weighted by Crippen LogP contribution is -2.01. The number of rotatable bonds is 6. The Bertz CT molecular complexity index is 611. The van der Waals surface area contributed by atoms with Crippen LogP contribution in [0.3, 0.4) is 0 Å². The van der Waals surface area contributed by atoms with Crippen LogP contribution in [0.1, 0.15) is 16.7 Å². The molecule has 0 aliphatic heterocycles. The molecule has 0 unspecified atom stereocenters. The molecule has 0 saturated carbocycles. The molecule has 0 bridgehead atoms. The van der Waals surface area contributed by atoms with Crippen LogP contribution in [-0.2, 0) is 11.9 Å². The Morgan fingerprint density at radius 1 is 0.905 bits per heavy atom. The Labute approximate surface area is 134 Å². The van der Waals surface area contributed by atoms with E-state index in [1.54, 1.807) is 14.2 Å². The number of methoxy groups -OCH3 is 2. The van der Waals surface area contributed by atoms with Gasteiger partial charge in [0.05, 0.1) is 14.2 Å².